The van der Waals surface area contributed by atoms with Gasteiger partial charge >= 0.3 is 6.09 Å². The summed E-state index contributed by atoms with van der Waals surface area (Å²) in [5.74, 6) is -0.223. The van der Waals surface area contributed by atoms with Gasteiger partial charge in [-0.15, -0.1) is 0 Å². The number of ether oxygens (including phenoxy) is 1. The van der Waals surface area contributed by atoms with Crippen molar-refractivity contribution in [3.05, 3.63) is 71.9 Å². The molecule has 0 atom stereocenters. The van der Waals surface area contributed by atoms with E-state index in [4.69, 9.17) is 4.74 Å². The third-order valence-corrected chi connectivity index (χ3v) is 4.13. The lowest BCUT2D eigenvalue weighted by Gasteiger charge is -2.26. The van der Waals surface area contributed by atoms with E-state index in [-0.39, 0.29) is 18.9 Å². The smallest absolute Gasteiger partial charge is 0.426 e. The van der Waals surface area contributed by atoms with Gasteiger partial charge in [0, 0.05) is 17.1 Å². The van der Waals surface area contributed by atoms with Crippen LogP contribution >= 0.6 is 0 Å². The van der Waals surface area contributed by atoms with Crippen LogP contribution in [0.5, 0.6) is 0 Å². The number of rotatable bonds is 4. The highest BCUT2D eigenvalue weighted by Gasteiger charge is 2.22. The zero-order valence-electron chi connectivity index (χ0n) is 16.4. The monoisotopic (exact) mass is 379 g/mol. The first-order valence-corrected chi connectivity index (χ1v) is 9.21. The summed E-state index contributed by atoms with van der Waals surface area (Å²) in [4.78, 5) is 28.4. The Morgan fingerprint density at radius 3 is 2.43 bits per heavy atom. The Labute approximate surface area is 164 Å². The Morgan fingerprint density at radius 2 is 1.71 bits per heavy atom. The lowest BCUT2D eigenvalue weighted by atomic mass is 10.1. The van der Waals surface area contributed by atoms with Gasteiger partial charge in [0.1, 0.15) is 5.60 Å². The van der Waals surface area contributed by atoms with Crippen molar-refractivity contribution in [2.24, 2.45) is 0 Å². The van der Waals surface area contributed by atoms with Crippen LogP contribution in [0.15, 0.2) is 60.8 Å². The molecule has 6 nitrogen and oxygen atoms in total. The molecule has 2 N–H and O–H groups in total. The maximum Gasteiger partial charge on any atom is 0.426 e. The van der Waals surface area contributed by atoms with Crippen LogP contribution in [-0.2, 0) is 22.5 Å². The van der Waals surface area contributed by atoms with E-state index in [1.54, 1.807) is 20.8 Å². The largest absolute Gasteiger partial charge is 0.443 e. The number of aromatic nitrogens is 1. The lowest BCUT2D eigenvalue weighted by Crippen LogP contribution is -2.48. The highest BCUT2D eigenvalue weighted by Crippen LogP contribution is 2.19. The van der Waals surface area contributed by atoms with Crippen LogP contribution in [0.2, 0.25) is 0 Å². The van der Waals surface area contributed by atoms with Gasteiger partial charge in [-0.05, 0) is 38.0 Å². The van der Waals surface area contributed by atoms with E-state index >= 15 is 0 Å². The van der Waals surface area contributed by atoms with Crippen LogP contribution < -0.4 is 5.43 Å². The molecule has 0 bridgehead atoms. The second kappa shape index (κ2) is 8.17. The minimum atomic E-state index is -0.657. The minimum absolute atomic E-state index is 0.159. The molecule has 2 amide bonds. The van der Waals surface area contributed by atoms with Crippen LogP contribution in [0.4, 0.5) is 4.79 Å². The third-order valence-electron chi connectivity index (χ3n) is 4.13. The predicted molar refractivity (Wildman–Crippen MR) is 108 cm³/mol. The molecule has 3 rings (SSSR count). The summed E-state index contributed by atoms with van der Waals surface area (Å²) >= 11 is 0. The summed E-state index contributed by atoms with van der Waals surface area (Å²) < 4.78 is 5.31. The Kier molecular flexibility index (Phi) is 5.68. The Bertz CT molecular complexity index is 958. The fraction of sp³-hybridized carbons (Fsp3) is 0.273. The van der Waals surface area contributed by atoms with Gasteiger partial charge in [-0.25, -0.2) is 15.2 Å². The Morgan fingerprint density at radius 1 is 1.04 bits per heavy atom. The van der Waals surface area contributed by atoms with E-state index in [9.17, 15) is 9.59 Å². The molecule has 0 radical (unpaired) electrons. The quantitative estimate of drug-likeness (QED) is 0.668. The number of para-hydroxylation sites is 1. The second-order valence-electron chi connectivity index (χ2n) is 7.62. The molecule has 0 spiro atoms. The van der Waals surface area contributed by atoms with E-state index in [1.807, 2.05) is 60.8 Å². The second-order valence-corrected chi connectivity index (χ2v) is 7.62. The minimum Gasteiger partial charge on any atom is -0.443 e. The number of amides is 2. The molecule has 2 aromatic carbocycles. The highest BCUT2D eigenvalue weighted by molar-refractivity contribution is 5.89. The molecular formula is C22H25N3O3. The van der Waals surface area contributed by atoms with Gasteiger partial charge in [-0.1, -0.05) is 48.5 Å². The van der Waals surface area contributed by atoms with Crippen LogP contribution in [-0.4, -0.2) is 27.6 Å². The fourth-order valence-corrected chi connectivity index (χ4v) is 2.90. The molecule has 0 unspecified atom stereocenters. The van der Waals surface area contributed by atoms with E-state index in [2.05, 4.69) is 10.4 Å². The van der Waals surface area contributed by atoms with E-state index in [1.165, 1.54) is 5.01 Å². The van der Waals surface area contributed by atoms with Crippen LogP contribution in [0.25, 0.3) is 10.9 Å². The van der Waals surface area contributed by atoms with Gasteiger partial charge < -0.3 is 9.72 Å². The number of H-pyrrole nitrogens is 1. The predicted octanol–water partition coefficient (Wildman–Crippen LogP) is 4.18. The van der Waals surface area contributed by atoms with E-state index in [0.29, 0.717) is 0 Å². The summed E-state index contributed by atoms with van der Waals surface area (Å²) in [5, 5.41) is 2.30. The molecule has 28 heavy (non-hydrogen) atoms. The number of hydrogen-bond acceptors (Lipinski definition) is 3. The Balaban J connectivity index is 1.78. The zero-order chi connectivity index (χ0) is 20.1. The number of nitrogens with zero attached hydrogens (tertiary/aromatic N) is 1. The summed E-state index contributed by atoms with van der Waals surface area (Å²) in [6.45, 7) is 5.59. The molecule has 0 saturated carbocycles. The summed E-state index contributed by atoms with van der Waals surface area (Å²) in [7, 11) is 0. The van der Waals surface area contributed by atoms with Crippen molar-refractivity contribution >= 4 is 22.9 Å². The number of benzene rings is 2. The van der Waals surface area contributed by atoms with Crippen molar-refractivity contribution in [2.75, 3.05) is 0 Å². The molecule has 1 aromatic heterocycles. The summed E-state index contributed by atoms with van der Waals surface area (Å²) in [6, 6.07) is 17.3. The van der Waals surface area contributed by atoms with Gasteiger partial charge in [-0.2, -0.15) is 0 Å². The number of aromatic amines is 1. The number of fused-ring (bicyclic) bond motifs is 1. The van der Waals surface area contributed by atoms with Crippen molar-refractivity contribution in [1.82, 2.24) is 15.4 Å². The first-order chi connectivity index (χ1) is 13.3. The standard InChI is InChI=1S/C22H25N3O3/c1-22(2,3)28-21(27)24-25(15-16-9-5-4-6-10-16)20(26)13-17-14-23-19-12-8-7-11-18(17)19/h4-12,14,23H,13,15H2,1-3H3,(H,24,27). The molecule has 0 saturated heterocycles. The van der Waals surface area contributed by atoms with Crippen molar-refractivity contribution in [2.45, 2.75) is 39.3 Å². The highest BCUT2D eigenvalue weighted by atomic mass is 16.6. The number of hydrazine groups is 1. The van der Waals surface area contributed by atoms with Crippen molar-refractivity contribution in [1.29, 1.82) is 0 Å². The average molecular weight is 379 g/mol. The van der Waals surface area contributed by atoms with E-state index < -0.39 is 11.7 Å². The molecule has 3 aromatic rings. The zero-order valence-corrected chi connectivity index (χ0v) is 16.4. The fourth-order valence-electron chi connectivity index (χ4n) is 2.90. The number of carbonyl (C=O) groups excluding carboxylic acids is 2. The van der Waals surface area contributed by atoms with Gasteiger partial charge in [0.15, 0.2) is 0 Å². The molecule has 0 fully saturated rings. The first-order valence-electron chi connectivity index (χ1n) is 9.21. The van der Waals surface area contributed by atoms with Crippen molar-refractivity contribution in [3.8, 4) is 0 Å². The van der Waals surface area contributed by atoms with E-state index in [0.717, 1.165) is 22.0 Å². The van der Waals surface area contributed by atoms with Gasteiger partial charge in [0.2, 0.25) is 5.91 Å². The number of hydrogen-bond donors (Lipinski definition) is 2. The molecule has 146 valence electrons. The maximum absolute atomic E-state index is 13.0. The maximum atomic E-state index is 13.0. The van der Waals surface area contributed by atoms with Crippen molar-refractivity contribution in [3.63, 3.8) is 0 Å². The van der Waals surface area contributed by atoms with Gasteiger partial charge in [-0.3, -0.25) is 4.79 Å². The Hall–Kier alpha value is -3.28. The van der Waals surface area contributed by atoms with Crippen LogP contribution in [0, 0.1) is 0 Å². The molecule has 6 heteroatoms. The first kappa shape index (κ1) is 19.5. The normalized spacial score (nSPS) is 11.2. The van der Waals surface area contributed by atoms with Crippen LogP contribution in [0.3, 0.4) is 0 Å². The molecule has 0 aliphatic rings. The summed E-state index contributed by atoms with van der Waals surface area (Å²) in [5.41, 5.74) is 4.70. The average Bonchev–Trinajstić information content (AvgIpc) is 3.03. The van der Waals surface area contributed by atoms with Gasteiger partial charge in [0.25, 0.3) is 0 Å². The molecule has 0 aliphatic carbocycles. The van der Waals surface area contributed by atoms with Gasteiger partial charge in [0.05, 0.1) is 13.0 Å². The molecule has 0 aliphatic heterocycles. The SMILES string of the molecule is CC(C)(C)OC(=O)NN(Cc1ccccc1)C(=O)Cc1c[nH]c2ccccc12. The van der Waals surface area contributed by atoms with Crippen LogP contribution in [0.1, 0.15) is 31.9 Å². The van der Waals surface area contributed by atoms with Crippen molar-refractivity contribution < 1.29 is 14.3 Å². The number of nitrogens with one attached hydrogen (secondary N) is 2. The number of carbonyl (C=O) groups is 2. The molecule has 1 heterocycles. The summed E-state index contributed by atoms with van der Waals surface area (Å²) in [6.07, 6.45) is 1.33. The lowest BCUT2D eigenvalue weighted by molar-refractivity contribution is -0.134. The third kappa shape index (κ3) is 5.13. The topological polar surface area (TPSA) is 74.4 Å². The molecular weight excluding hydrogens is 354 g/mol.